The van der Waals surface area contributed by atoms with E-state index >= 15 is 0 Å². The summed E-state index contributed by atoms with van der Waals surface area (Å²) in [4.78, 5) is 23.6. The number of carboxylic acid groups (broad SMARTS) is 1. The first kappa shape index (κ1) is 20.3. The molecule has 0 aliphatic rings. The highest BCUT2D eigenvalue weighted by Crippen LogP contribution is 2.34. The molecule has 2 N–H and O–H groups in total. The molecule has 146 valence electrons. The molecular formula is C17H16F3NO6. The Hall–Kier alpha value is -3.01. The van der Waals surface area contributed by atoms with Gasteiger partial charge in [0.05, 0.1) is 12.2 Å². The number of para-hydroxylation sites is 1. The summed E-state index contributed by atoms with van der Waals surface area (Å²) in [6, 6.07) is 7.75. The monoisotopic (exact) mass is 387 g/mol. The highest BCUT2D eigenvalue weighted by molar-refractivity contribution is 5.96. The van der Waals surface area contributed by atoms with Crippen molar-refractivity contribution >= 4 is 11.9 Å². The number of benzene rings is 1. The standard InChI is InChI=1S/C17H16F3NO6/c1-16(9-25-2,15(23)24)21-14(22)13-8-7-11(26-13)10-5-3-4-6-12(10)27-17(18,19)20/h3-8H,9H2,1-2H3,(H,21,22)(H,23,24). The number of hydrogen-bond donors (Lipinski definition) is 2. The largest absolute Gasteiger partial charge is 0.573 e. The van der Waals surface area contributed by atoms with E-state index in [-0.39, 0.29) is 23.7 Å². The number of nitrogens with one attached hydrogen (secondary N) is 1. The van der Waals surface area contributed by atoms with Crippen molar-refractivity contribution in [1.29, 1.82) is 0 Å². The first-order valence-electron chi connectivity index (χ1n) is 7.55. The number of alkyl halides is 3. The second-order valence-electron chi connectivity index (χ2n) is 5.73. The summed E-state index contributed by atoms with van der Waals surface area (Å²) < 4.78 is 51.6. The number of hydrogen-bond acceptors (Lipinski definition) is 5. The molecule has 0 radical (unpaired) electrons. The van der Waals surface area contributed by atoms with Crippen molar-refractivity contribution in [1.82, 2.24) is 5.32 Å². The van der Waals surface area contributed by atoms with E-state index < -0.39 is 29.5 Å². The van der Waals surface area contributed by atoms with Gasteiger partial charge < -0.3 is 24.3 Å². The van der Waals surface area contributed by atoms with Crippen molar-refractivity contribution in [2.45, 2.75) is 18.8 Å². The second kappa shape index (κ2) is 7.70. The summed E-state index contributed by atoms with van der Waals surface area (Å²) in [6.07, 6.45) is -4.90. The fraction of sp³-hybridized carbons (Fsp3) is 0.294. The number of methoxy groups -OCH3 is 1. The first-order chi connectivity index (χ1) is 12.6. The van der Waals surface area contributed by atoms with Crippen LogP contribution in [0.3, 0.4) is 0 Å². The molecule has 27 heavy (non-hydrogen) atoms. The number of carboxylic acids is 1. The third-order valence-corrected chi connectivity index (χ3v) is 3.50. The van der Waals surface area contributed by atoms with Gasteiger partial charge in [-0.3, -0.25) is 4.79 Å². The Bertz CT molecular complexity index is 832. The Balaban J connectivity index is 2.27. The van der Waals surface area contributed by atoms with Crippen LogP contribution >= 0.6 is 0 Å². The molecule has 0 spiro atoms. The number of halogens is 3. The maximum atomic E-state index is 12.5. The summed E-state index contributed by atoms with van der Waals surface area (Å²) in [7, 11) is 1.27. The molecule has 2 rings (SSSR count). The average molecular weight is 387 g/mol. The molecule has 0 aliphatic heterocycles. The van der Waals surface area contributed by atoms with Gasteiger partial charge in [0.15, 0.2) is 11.3 Å². The van der Waals surface area contributed by atoms with Crippen LogP contribution in [0.5, 0.6) is 5.75 Å². The van der Waals surface area contributed by atoms with Gasteiger partial charge in [-0.1, -0.05) is 12.1 Å². The molecular weight excluding hydrogens is 371 g/mol. The maximum absolute atomic E-state index is 12.5. The number of carbonyl (C=O) groups excluding carboxylic acids is 1. The fourth-order valence-electron chi connectivity index (χ4n) is 2.24. The van der Waals surface area contributed by atoms with Gasteiger partial charge in [-0.25, -0.2) is 4.79 Å². The molecule has 1 atom stereocenters. The van der Waals surface area contributed by atoms with Gasteiger partial charge in [-0.2, -0.15) is 0 Å². The van der Waals surface area contributed by atoms with Crippen LogP contribution in [0.1, 0.15) is 17.5 Å². The third-order valence-electron chi connectivity index (χ3n) is 3.50. The van der Waals surface area contributed by atoms with Crippen LogP contribution in [0.2, 0.25) is 0 Å². The Morgan fingerprint density at radius 2 is 1.85 bits per heavy atom. The minimum absolute atomic E-state index is 0.0215. The number of amides is 1. The zero-order valence-electron chi connectivity index (χ0n) is 14.3. The van der Waals surface area contributed by atoms with Crippen molar-refractivity contribution in [2.24, 2.45) is 0 Å². The van der Waals surface area contributed by atoms with E-state index in [1.807, 2.05) is 0 Å². The lowest BCUT2D eigenvalue weighted by Gasteiger charge is -2.24. The topological polar surface area (TPSA) is 98.0 Å². The van der Waals surface area contributed by atoms with E-state index in [0.29, 0.717) is 0 Å². The van der Waals surface area contributed by atoms with Crippen LogP contribution in [-0.2, 0) is 9.53 Å². The zero-order chi connectivity index (χ0) is 20.2. The predicted octanol–water partition coefficient (Wildman–Crippen LogP) is 3.06. The van der Waals surface area contributed by atoms with Crippen LogP contribution in [0, 0.1) is 0 Å². The van der Waals surface area contributed by atoms with Gasteiger partial charge in [0, 0.05) is 7.11 Å². The van der Waals surface area contributed by atoms with Gasteiger partial charge in [-0.05, 0) is 31.2 Å². The minimum atomic E-state index is -4.90. The lowest BCUT2D eigenvalue weighted by Crippen LogP contribution is -2.55. The summed E-state index contributed by atoms with van der Waals surface area (Å²) in [5.41, 5.74) is -1.73. The molecule has 0 saturated heterocycles. The molecule has 1 unspecified atom stereocenters. The van der Waals surface area contributed by atoms with Crippen LogP contribution in [-0.4, -0.2) is 42.6 Å². The second-order valence-corrected chi connectivity index (χ2v) is 5.73. The summed E-state index contributed by atoms with van der Waals surface area (Å²) >= 11 is 0. The number of aliphatic carboxylic acids is 1. The zero-order valence-corrected chi connectivity index (χ0v) is 14.3. The fourth-order valence-corrected chi connectivity index (χ4v) is 2.24. The van der Waals surface area contributed by atoms with E-state index in [4.69, 9.17) is 9.15 Å². The number of ether oxygens (including phenoxy) is 2. The Kier molecular flexibility index (Phi) is 5.79. The van der Waals surface area contributed by atoms with E-state index in [0.717, 1.165) is 6.07 Å². The van der Waals surface area contributed by atoms with Crippen molar-refractivity contribution < 1.29 is 41.8 Å². The van der Waals surface area contributed by atoms with Crippen molar-refractivity contribution in [2.75, 3.05) is 13.7 Å². The number of rotatable bonds is 7. The summed E-state index contributed by atoms with van der Waals surface area (Å²) in [6.45, 7) is 0.941. The number of furan rings is 1. The molecule has 0 fully saturated rings. The van der Waals surface area contributed by atoms with Crippen molar-refractivity contribution in [3.05, 3.63) is 42.2 Å². The molecule has 0 saturated carbocycles. The van der Waals surface area contributed by atoms with Crippen molar-refractivity contribution in [3.8, 4) is 17.1 Å². The van der Waals surface area contributed by atoms with Crippen LogP contribution in [0.15, 0.2) is 40.8 Å². The van der Waals surface area contributed by atoms with Gasteiger partial charge in [0.1, 0.15) is 11.5 Å². The molecule has 10 heteroatoms. The molecule has 1 aromatic heterocycles. The highest BCUT2D eigenvalue weighted by Gasteiger charge is 2.36. The van der Waals surface area contributed by atoms with Crippen LogP contribution < -0.4 is 10.1 Å². The number of carbonyl (C=O) groups is 2. The van der Waals surface area contributed by atoms with E-state index in [1.54, 1.807) is 0 Å². The van der Waals surface area contributed by atoms with Crippen LogP contribution in [0.25, 0.3) is 11.3 Å². The van der Waals surface area contributed by atoms with E-state index in [2.05, 4.69) is 10.1 Å². The van der Waals surface area contributed by atoms with Gasteiger partial charge >= 0.3 is 12.3 Å². The Morgan fingerprint density at radius 1 is 1.19 bits per heavy atom. The molecule has 0 aliphatic carbocycles. The summed E-state index contributed by atoms with van der Waals surface area (Å²) in [5, 5.41) is 11.5. The average Bonchev–Trinajstić information content (AvgIpc) is 3.04. The molecule has 2 aromatic rings. The smallest absolute Gasteiger partial charge is 0.479 e. The highest BCUT2D eigenvalue weighted by atomic mass is 19.4. The molecule has 1 aromatic carbocycles. The third kappa shape index (κ3) is 5.00. The predicted molar refractivity (Wildman–Crippen MR) is 86.2 cm³/mol. The van der Waals surface area contributed by atoms with Gasteiger partial charge in [0.25, 0.3) is 5.91 Å². The molecule has 1 heterocycles. The SMILES string of the molecule is COCC(C)(NC(=O)c1ccc(-c2ccccc2OC(F)(F)F)o1)C(=O)O. The molecule has 1 amide bonds. The normalized spacial score (nSPS) is 13.7. The Labute approximate surface area is 151 Å². The first-order valence-corrected chi connectivity index (χ1v) is 7.55. The lowest BCUT2D eigenvalue weighted by atomic mass is 10.0. The molecule has 0 bridgehead atoms. The Morgan fingerprint density at radius 3 is 2.44 bits per heavy atom. The van der Waals surface area contributed by atoms with Gasteiger partial charge in [0.2, 0.25) is 0 Å². The summed E-state index contributed by atoms with van der Waals surface area (Å²) in [5.74, 6) is -3.02. The molecule has 7 nitrogen and oxygen atoms in total. The van der Waals surface area contributed by atoms with Crippen LogP contribution in [0.4, 0.5) is 13.2 Å². The maximum Gasteiger partial charge on any atom is 0.573 e. The minimum Gasteiger partial charge on any atom is -0.479 e. The quantitative estimate of drug-likeness (QED) is 0.758. The van der Waals surface area contributed by atoms with E-state index in [9.17, 15) is 27.9 Å². The van der Waals surface area contributed by atoms with Gasteiger partial charge in [-0.15, -0.1) is 13.2 Å². The van der Waals surface area contributed by atoms with E-state index in [1.165, 1.54) is 44.4 Å². The van der Waals surface area contributed by atoms with Crippen molar-refractivity contribution in [3.63, 3.8) is 0 Å². The lowest BCUT2D eigenvalue weighted by molar-refractivity contribution is -0.274.